The standard InChI is InChI=1S/C7H7ClO3/c8-6-3-1-5(2-4-6)7(9,10)11/h1-4,9-11H. The van der Waals surface area contributed by atoms with Crippen molar-refractivity contribution in [3.63, 3.8) is 0 Å². The fourth-order valence-electron chi connectivity index (χ4n) is 0.673. The van der Waals surface area contributed by atoms with Crippen molar-refractivity contribution in [2.45, 2.75) is 5.97 Å². The van der Waals surface area contributed by atoms with Gasteiger partial charge in [0.05, 0.1) is 0 Å². The van der Waals surface area contributed by atoms with Crippen LogP contribution >= 0.6 is 11.6 Å². The molecule has 0 atom stereocenters. The molecule has 1 rings (SSSR count). The van der Waals surface area contributed by atoms with Gasteiger partial charge >= 0.3 is 5.97 Å². The molecule has 1 aromatic carbocycles. The van der Waals surface area contributed by atoms with Gasteiger partial charge in [-0.3, -0.25) is 0 Å². The maximum Gasteiger partial charge on any atom is 0.304 e. The molecule has 60 valence electrons. The second-order valence-corrected chi connectivity index (χ2v) is 2.58. The van der Waals surface area contributed by atoms with Crippen LogP contribution in [0.25, 0.3) is 0 Å². The summed E-state index contributed by atoms with van der Waals surface area (Å²) in [5, 5.41) is 26.4. The summed E-state index contributed by atoms with van der Waals surface area (Å²) in [5.41, 5.74) is -0.0121. The third-order valence-corrected chi connectivity index (χ3v) is 1.48. The normalized spacial score (nSPS) is 11.6. The van der Waals surface area contributed by atoms with Crippen molar-refractivity contribution >= 4 is 11.6 Å². The third-order valence-electron chi connectivity index (χ3n) is 1.23. The maximum absolute atomic E-state index is 8.65. The van der Waals surface area contributed by atoms with Crippen LogP contribution in [0.4, 0.5) is 0 Å². The van der Waals surface area contributed by atoms with E-state index in [-0.39, 0.29) is 5.56 Å². The molecule has 0 amide bonds. The first-order valence-corrected chi connectivity index (χ1v) is 3.31. The summed E-state index contributed by atoms with van der Waals surface area (Å²) in [4.78, 5) is 0. The zero-order chi connectivity index (χ0) is 8.48. The molecule has 0 aliphatic heterocycles. The van der Waals surface area contributed by atoms with Crippen molar-refractivity contribution < 1.29 is 15.3 Å². The van der Waals surface area contributed by atoms with Crippen molar-refractivity contribution in [2.24, 2.45) is 0 Å². The van der Waals surface area contributed by atoms with Gasteiger partial charge in [-0.25, -0.2) is 0 Å². The molecule has 0 bridgehead atoms. The van der Waals surface area contributed by atoms with Gasteiger partial charge in [-0.1, -0.05) is 11.6 Å². The lowest BCUT2D eigenvalue weighted by Crippen LogP contribution is -2.23. The van der Waals surface area contributed by atoms with Crippen molar-refractivity contribution in [2.75, 3.05) is 0 Å². The van der Waals surface area contributed by atoms with Crippen LogP contribution in [0.5, 0.6) is 0 Å². The van der Waals surface area contributed by atoms with Gasteiger partial charge in [0.25, 0.3) is 0 Å². The molecule has 0 spiro atoms. The summed E-state index contributed by atoms with van der Waals surface area (Å²) in [5.74, 6) is -2.77. The first-order chi connectivity index (χ1) is 5.00. The van der Waals surface area contributed by atoms with Gasteiger partial charge in [0, 0.05) is 10.6 Å². The van der Waals surface area contributed by atoms with Crippen LogP contribution in [0.15, 0.2) is 24.3 Å². The summed E-state index contributed by atoms with van der Waals surface area (Å²) >= 11 is 5.52. The minimum Gasteiger partial charge on any atom is -0.340 e. The van der Waals surface area contributed by atoms with Crippen LogP contribution in [0, 0.1) is 0 Å². The van der Waals surface area contributed by atoms with Gasteiger partial charge in [-0.05, 0) is 24.3 Å². The summed E-state index contributed by atoms with van der Waals surface area (Å²) in [7, 11) is 0. The van der Waals surface area contributed by atoms with Gasteiger partial charge < -0.3 is 15.3 Å². The van der Waals surface area contributed by atoms with E-state index < -0.39 is 5.97 Å². The van der Waals surface area contributed by atoms with E-state index in [9.17, 15) is 0 Å². The molecule has 4 heteroatoms. The molecule has 0 heterocycles. The van der Waals surface area contributed by atoms with Gasteiger partial charge in [0.1, 0.15) is 0 Å². The molecular weight excluding hydrogens is 168 g/mol. The van der Waals surface area contributed by atoms with E-state index in [1.807, 2.05) is 0 Å². The Hall–Kier alpha value is -0.610. The number of halogens is 1. The molecule has 0 aliphatic rings. The minimum absolute atomic E-state index is 0.0121. The Labute approximate surface area is 68.5 Å². The Bertz CT molecular complexity index is 237. The monoisotopic (exact) mass is 174 g/mol. The number of hydrogen-bond acceptors (Lipinski definition) is 3. The molecule has 0 saturated heterocycles. The summed E-state index contributed by atoms with van der Waals surface area (Å²) in [6.07, 6.45) is 0. The van der Waals surface area contributed by atoms with E-state index in [0.29, 0.717) is 5.02 Å². The van der Waals surface area contributed by atoms with E-state index in [4.69, 9.17) is 26.9 Å². The summed E-state index contributed by atoms with van der Waals surface area (Å²) in [6, 6.07) is 5.55. The fraction of sp³-hybridized carbons (Fsp3) is 0.143. The summed E-state index contributed by atoms with van der Waals surface area (Å²) < 4.78 is 0. The van der Waals surface area contributed by atoms with E-state index in [1.54, 1.807) is 0 Å². The highest BCUT2D eigenvalue weighted by atomic mass is 35.5. The van der Waals surface area contributed by atoms with Crippen LogP contribution in [-0.2, 0) is 5.97 Å². The number of hydrogen-bond donors (Lipinski definition) is 3. The average molecular weight is 175 g/mol. The Morgan fingerprint density at radius 3 is 1.82 bits per heavy atom. The second-order valence-electron chi connectivity index (χ2n) is 2.14. The molecule has 3 nitrogen and oxygen atoms in total. The highest BCUT2D eigenvalue weighted by Crippen LogP contribution is 2.16. The number of rotatable bonds is 1. The largest absolute Gasteiger partial charge is 0.340 e. The van der Waals surface area contributed by atoms with Crippen LogP contribution in [0.1, 0.15) is 5.56 Å². The SMILES string of the molecule is OC(O)(O)c1ccc(Cl)cc1. The first kappa shape index (κ1) is 8.49. The lowest BCUT2D eigenvalue weighted by Gasteiger charge is -2.13. The van der Waals surface area contributed by atoms with Crippen LogP contribution in [0.2, 0.25) is 5.02 Å². The molecule has 1 aromatic rings. The average Bonchev–Trinajstić information content (AvgIpc) is 1.86. The molecule has 0 unspecified atom stereocenters. The van der Waals surface area contributed by atoms with Gasteiger partial charge in [0.2, 0.25) is 0 Å². The molecule has 0 aromatic heterocycles. The lowest BCUT2D eigenvalue weighted by molar-refractivity contribution is -0.323. The highest BCUT2D eigenvalue weighted by Gasteiger charge is 2.20. The first-order valence-electron chi connectivity index (χ1n) is 2.93. The Kier molecular flexibility index (Phi) is 2.15. The molecule has 0 aliphatic carbocycles. The smallest absolute Gasteiger partial charge is 0.304 e. The second kappa shape index (κ2) is 2.79. The lowest BCUT2D eigenvalue weighted by atomic mass is 10.2. The molecule has 0 saturated carbocycles. The van der Waals surface area contributed by atoms with Crippen molar-refractivity contribution in [3.05, 3.63) is 34.9 Å². The predicted molar refractivity (Wildman–Crippen MR) is 39.8 cm³/mol. The van der Waals surface area contributed by atoms with Crippen molar-refractivity contribution in [3.8, 4) is 0 Å². The molecule has 11 heavy (non-hydrogen) atoms. The minimum atomic E-state index is -2.77. The molecule has 3 N–H and O–H groups in total. The Balaban J connectivity index is 2.99. The van der Waals surface area contributed by atoms with Crippen molar-refractivity contribution in [1.82, 2.24) is 0 Å². The van der Waals surface area contributed by atoms with Crippen LogP contribution in [0.3, 0.4) is 0 Å². The molecule has 0 fully saturated rings. The van der Waals surface area contributed by atoms with E-state index in [2.05, 4.69) is 0 Å². The molecular formula is C7H7ClO3. The summed E-state index contributed by atoms with van der Waals surface area (Å²) in [6.45, 7) is 0. The predicted octanol–water partition coefficient (Wildman–Crippen LogP) is 0.427. The fourth-order valence-corrected chi connectivity index (χ4v) is 0.799. The van der Waals surface area contributed by atoms with E-state index in [1.165, 1.54) is 24.3 Å². The Morgan fingerprint density at radius 2 is 1.45 bits per heavy atom. The van der Waals surface area contributed by atoms with E-state index >= 15 is 0 Å². The third kappa shape index (κ3) is 2.17. The Morgan fingerprint density at radius 1 is 1.00 bits per heavy atom. The van der Waals surface area contributed by atoms with Crippen LogP contribution in [-0.4, -0.2) is 15.3 Å². The zero-order valence-corrected chi connectivity index (χ0v) is 6.28. The van der Waals surface area contributed by atoms with Gasteiger partial charge in [-0.15, -0.1) is 0 Å². The van der Waals surface area contributed by atoms with Gasteiger partial charge in [0.15, 0.2) is 0 Å². The number of benzene rings is 1. The zero-order valence-electron chi connectivity index (χ0n) is 5.53. The van der Waals surface area contributed by atoms with Crippen molar-refractivity contribution in [1.29, 1.82) is 0 Å². The van der Waals surface area contributed by atoms with Crippen LogP contribution < -0.4 is 0 Å². The van der Waals surface area contributed by atoms with Gasteiger partial charge in [-0.2, -0.15) is 0 Å². The highest BCUT2D eigenvalue weighted by molar-refractivity contribution is 6.30. The maximum atomic E-state index is 8.65. The quantitative estimate of drug-likeness (QED) is 0.541. The van der Waals surface area contributed by atoms with E-state index in [0.717, 1.165) is 0 Å². The topological polar surface area (TPSA) is 60.7 Å². The number of aliphatic hydroxyl groups is 3. The molecule has 0 radical (unpaired) electrons.